The molecule has 0 unspecified atom stereocenters. The highest BCUT2D eigenvalue weighted by molar-refractivity contribution is 5.86. The van der Waals surface area contributed by atoms with E-state index in [1.807, 2.05) is 50.2 Å². The van der Waals surface area contributed by atoms with Gasteiger partial charge in [-0.1, -0.05) is 30.3 Å². The maximum absolute atomic E-state index is 10.7. The predicted octanol–water partition coefficient (Wildman–Crippen LogP) is 4.61. The van der Waals surface area contributed by atoms with E-state index in [9.17, 15) is 4.79 Å². The molecule has 0 aliphatic carbocycles. The number of amides is 1. The topological polar surface area (TPSA) is 62.2 Å². The first kappa shape index (κ1) is 14.1. The Kier molecular flexibility index (Phi) is 3.51. The van der Waals surface area contributed by atoms with Crippen LogP contribution in [0.1, 0.15) is 11.1 Å². The molecule has 1 aromatic heterocycles. The number of nitrogens with one attached hydrogen (secondary N) is 1. The van der Waals surface area contributed by atoms with Crippen molar-refractivity contribution in [1.29, 1.82) is 0 Å². The Morgan fingerprint density at radius 3 is 2.59 bits per heavy atom. The van der Waals surface area contributed by atoms with E-state index in [0.717, 1.165) is 33.3 Å². The highest BCUT2D eigenvalue weighted by atomic mass is 16.4. The molecule has 110 valence electrons. The fourth-order valence-electron chi connectivity index (χ4n) is 2.53. The molecular weight excluding hydrogens is 276 g/mol. The van der Waals surface area contributed by atoms with Crippen molar-refractivity contribution >= 4 is 22.7 Å². The largest absolute Gasteiger partial charge is 0.465 e. The summed E-state index contributed by atoms with van der Waals surface area (Å²) in [6, 6.07) is 15.7. The molecule has 0 bridgehead atoms. The Morgan fingerprint density at radius 2 is 1.86 bits per heavy atom. The molecule has 1 amide bonds. The van der Waals surface area contributed by atoms with Gasteiger partial charge in [0.2, 0.25) is 0 Å². The molecule has 0 saturated carbocycles. The third kappa shape index (κ3) is 2.63. The van der Waals surface area contributed by atoms with Gasteiger partial charge in [-0.3, -0.25) is 5.32 Å². The minimum absolute atomic E-state index is 0.591. The van der Waals surface area contributed by atoms with Gasteiger partial charge in [0.25, 0.3) is 0 Å². The summed E-state index contributed by atoms with van der Waals surface area (Å²) in [5, 5.41) is 12.3. The van der Waals surface area contributed by atoms with E-state index >= 15 is 0 Å². The van der Waals surface area contributed by atoms with E-state index in [0.29, 0.717) is 5.69 Å². The number of aryl methyl sites for hydroxylation is 2. The van der Waals surface area contributed by atoms with Crippen LogP contribution in [-0.2, 0) is 0 Å². The fraction of sp³-hybridized carbons (Fsp3) is 0.111. The molecular formula is C18H16N2O2. The van der Waals surface area contributed by atoms with Gasteiger partial charge >= 0.3 is 6.09 Å². The number of benzene rings is 2. The number of anilines is 1. The maximum Gasteiger partial charge on any atom is 0.409 e. The molecule has 0 aliphatic rings. The van der Waals surface area contributed by atoms with Gasteiger partial charge in [-0.15, -0.1) is 0 Å². The molecule has 22 heavy (non-hydrogen) atoms. The normalized spacial score (nSPS) is 10.6. The van der Waals surface area contributed by atoms with Gasteiger partial charge < -0.3 is 5.11 Å². The van der Waals surface area contributed by atoms with Crippen LogP contribution in [0.2, 0.25) is 0 Å². The monoisotopic (exact) mass is 292 g/mol. The molecule has 4 heteroatoms. The second-order valence-electron chi connectivity index (χ2n) is 5.30. The van der Waals surface area contributed by atoms with Crippen molar-refractivity contribution in [2.75, 3.05) is 5.32 Å². The summed E-state index contributed by atoms with van der Waals surface area (Å²) in [5.41, 5.74) is 5.44. The highest BCUT2D eigenvalue weighted by Gasteiger charge is 2.07. The number of para-hydroxylation sites is 1. The zero-order chi connectivity index (χ0) is 15.7. The van der Waals surface area contributed by atoms with Gasteiger partial charge in [0.05, 0.1) is 11.2 Å². The van der Waals surface area contributed by atoms with Crippen molar-refractivity contribution in [2.45, 2.75) is 13.8 Å². The minimum atomic E-state index is -1.06. The number of hydrogen-bond acceptors (Lipinski definition) is 2. The van der Waals surface area contributed by atoms with Crippen LogP contribution in [0.25, 0.3) is 22.2 Å². The van der Waals surface area contributed by atoms with Crippen LogP contribution in [0.15, 0.2) is 48.5 Å². The van der Waals surface area contributed by atoms with E-state index in [2.05, 4.69) is 11.4 Å². The number of carboxylic acid groups (broad SMARTS) is 1. The second kappa shape index (κ2) is 5.48. The molecule has 0 spiro atoms. The van der Waals surface area contributed by atoms with E-state index in [1.165, 1.54) is 0 Å². The van der Waals surface area contributed by atoms with E-state index < -0.39 is 6.09 Å². The first-order chi connectivity index (χ1) is 10.5. The Balaban J connectivity index is 2.06. The zero-order valence-electron chi connectivity index (χ0n) is 12.4. The van der Waals surface area contributed by atoms with Gasteiger partial charge in [0.1, 0.15) is 0 Å². The molecule has 2 aromatic carbocycles. The van der Waals surface area contributed by atoms with Crippen molar-refractivity contribution in [3.63, 3.8) is 0 Å². The lowest BCUT2D eigenvalue weighted by molar-refractivity contribution is 0.209. The SMILES string of the molecule is Cc1cc(-c2ccc3cccc(C)c3n2)ccc1NC(=O)O. The molecule has 4 nitrogen and oxygen atoms in total. The molecule has 3 aromatic rings. The number of rotatable bonds is 2. The summed E-state index contributed by atoms with van der Waals surface area (Å²) in [4.78, 5) is 15.5. The van der Waals surface area contributed by atoms with Gasteiger partial charge in [-0.05, 0) is 43.2 Å². The van der Waals surface area contributed by atoms with Crippen LogP contribution in [0, 0.1) is 13.8 Å². The van der Waals surface area contributed by atoms with Crippen LogP contribution in [0.4, 0.5) is 10.5 Å². The van der Waals surface area contributed by atoms with E-state index in [4.69, 9.17) is 10.1 Å². The highest BCUT2D eigenvalue weighted by Crippen LogP contribution is 2.26. The van der Waals surface area contributed by atoms with Crippen molar-refractivity contribution in [2.24, 2.45) is 0 Å². The second-order valence-corrected chi connectivity index (χ2v) is 5.30. The molecule has 0 aliphatic heterocycles. The Morgan fingerprint density at radius 1 is 1.05 bits per heavy atom. The fourth-order valence-corrected chi connectivity index (χ4v) is 2.53. The Hall–Kier alpha value is -2.88. The third-order valence-corrected chi connectivity index (χ3v) is 3.69. The predicted molar refractivity (Wildman–Crippen MR) is 88.3 cm³/mol. The van der Waals surface area contributed by atoms with Crippen molar-refractivity contribution in [1.82, 2.24) is 4.98 Å². The number of pyridine rings is 1. The van der Waals surface area contributed by atoms with Crippen LogP contribution in [0.3, 0.4) is 0 Å². The van der Waals surface area contributed by atoms with Crippen molar-refractivity contribution in [3.8, 4) is 11.3 Å². The third-order valence-electron chi connectivity index (χ3n) is 3.69. The van der Waals surface area contributed by atoms with Crippen molar-refractivity contribution in [3.05, 3.63) is 59.7 Å². The molecule has 1 heterocycles. The van der Waals surface area contributed by atoms with Gasteiger partial charge in [0, 0.05) is 16.6 Å². The minimum Gasteiger partial charge on any atom is -0.465 e. The van der Waals surface area contributed by atoms with E-state index in [-0.39, 0.29) is 0 Å². The molecule has 3 rings (SSSR count). The van der Waals surface area contributed by atoms with Gasteiger partial charge in [-0.25, -0.2) is 9.78 Å². The summed E-state index contributed by atoms with van der Waals surface area (Å²) in [5.74, 6) is 0. The molecule has 0 fully saturated rings. The molecule has 0 radical (unpaired) electrons. The smallest absolute Gasteiger partial charge is 0.409 e. The average molecular weight is 292 g/mol. The van der Waals surface area contributed by atoms with Crippen LogP contribution < -0.4 is 5.32 Å². The number of hydrogen-bond donors (Lipinski definition) is 2. The standard InChI is InChI=1S/C18H16N2O2/c1-11-4-3-5-13-6-9-16(19-17(11)13)14-7-8-15(12(2)10-14)20-18(21)22/h3-10,20H,1-2H3,(H,21,22). The molecule has 0 atom stereocenters. The maximum atomic E-state index is 10.7. The van der Waals surface area contributed by atoms with E-state index in [1.54, 1.807) is 6.07 Å². The van der Waals surface area contributed by atoms with Crippen LogP contribution in [-0.4, -0.2) is 16.2 Å². The molecule has 0 saturated heterocycles. The first-order valence-electron chi connectivity index (χ1n) is 7.02. The van der Waals surface area contributed by atoms with Gasteiger partial charge in [-0.2, -0.15) is 0 Å². The Bertz CT molecular complexity index is 872. The number of nitrogens with zero attached hydrogens (tertiary/aromatic N) is 1. The summed E-state index contributed by atoms with van der Waals surface area (Å²) in [6.07, 6.45) is -1.06. The lowest BCUT2D eigenvalue weighted by Crippen LogP contribution is -2.08. The number of fused-ring (bicyclic) bond motifs is 1. The quantitative estimate of drug-likeness (QED) is 0.725. The summed E-state index contributed by atoms with van der Waals surface area (Å²) < 4.78 is 0. The summed E-state index contributed by atoms with van der Waals surface area (Å²) in [6.45, 7) is 3.92. The summed E-state index contributed by atoms with van der Waals surface area (Å²) in [7, 11) is 0. The summed E-state index contributed by atoms with van der Waals surface area (Å²) >= 11 is 0. The van der Waals surface area contributed by atoms with Gasteiger partial charge in [0.15, 0.2) is 0 Å². The molecule has 2 N–H and O–H groups in total. The number of aromatic nitrogens is 1. The zero-order valence-corrected chi connectivity index (χ0v) is 12.4. The Labute approximate surface area is 128 Å². The number of carbonyl (C=O) groups is 1. The van der Waals surface area contributed by atoms with Crippen LogP contribution >= 0.6 is 0 Å². The lowest BCUT2D eigenvalue weighted by Gasteiger charge is -2.09. The average Bonchev–Trinajstić information content (AvgIpc) is 2.49. The first-order valence-corrected chi connectivity index (χ1v) is 7.02. The van der Waals surface area contributed by atoms with Crippen molar-refractivity contribution < 1.29 is 9.90 Å². The van der Waals surface area contributed by atoms with Crippen LogP contribution in [0.5, 0.6) is 0 Å². The lowest BCUT2D eigenvalue weighted by atomic mass is 10.0.